The van der Waals surface area contributed by atoms with Crippen LogP contribution < -0.4 is 0 Å². The molecular formula is C8H10O4. The Labute approximate surface area is 70.5 Å². The van der Waals surface area contributed by atoms with Gasteiger partial charge in [-0.05, 0) is 13.5 Å². The minimum absolute atomic E-state index is 0.194. The first-order chi connectivity index (χ1) is 5.49. The second-order valence-electron chi connectivity index (χ2n) is 2.08. The van der Waals surface area contributed by atoms with Crippen LogP contribution >= 0.6 is 0 Å². The summed E-state index contributed by atoms with van der Waals surface area (Å²) in [6.07, 6.45) is 0. The van der Waals surface area contributed by atoms with E-state index < -0.39 is 11.9 Å². The maximum atomic E-state index is 10.8. The van der Waals surface area contributed by atoms with E-state index >= 15 is 0 Å². The van der Waals surface area contributed by atoms with Crippen molar-refractivity contribution in [1.82, 2.24) is 0 Å². The van der Waals surface area contributed by atoms with Crippen molar-refractivity contribution in [2.24, 2.45) is 0 Å². The molecule has 0 aliphatic rings. The van der Waals surface area contributed by atoms with Crippen LogP contribution in [0.1, 0.15) is 6.92 Å². The molecule has 4 heteroatoms. The van der Waals surface area contributed by atoms with Crippen molar-refractivity contribution in [1.29, 1.82) is 0 Å². The van der Waals surface area contributed by atoms with Gasteiger partial charge in [0.1, 0.15) is 0 Å². The van der Waals surface area contributed by atoms with Crippen molar-refractivity contribution in [2.75, 3.05) is 7.11 Å². The van der Waals surface area contributed by atoms with Gasteiger partial charge in [0.2, 0.25) is 5.76 Å². The summed E-state index contributed by atoms with van der Waals surface area (Å²) in [5.41, 5.74) is 0.194. The van der Waals surface area contributed by atoms with Crippen LogP contribution in [0.25, 0.3) is 0 Å². The number of hydrogen-bond donors (Lipinski definition) is 0. The third-order valence-corrected chi connectivity index (χ3v) is 0.977. The number of carbonyl (C=O) groups is 2. The highest BCUT2D eigenvalue weighted by atomic mass is 16.6. The molecule has 0 unspecified atom stereocenters. The minimum Gasteiger partial charge on any atom is -0.463 e. The molecule has 0 aromatic heterocycles. The van der Waals surface area contributed by atoms with Crippen LogP contribution in [0, 0.1) is 0 Å². The van der Waals surface area contributed by atoms with Gasteiger partial charge in [-0.15, -0.1) is 0 Å². The largest absolute Gasteiger partial charge is 0.463 e. The highest BCUT2D eigenvalue weighted by Crippen LogP contribution is 2.01. The lowest BCUT2D eigenvalue weighted by atomic mass is 10.4. The number of rotatable bonds is 3. The third-order valence-electron chi connectivity index (χ3n) is 0.977. The maximum Gasteiger partial charge on any atom is 0.373 e. The second kappa shape index (κ2) is 4.33. The molecule has 0 saturated heterocycles. The van der Waals surface area contributed by atoms with E-state index in [0.717, 1.165) is 0 Å². The van der Waals surface area contributed by atoms with E-state index in [1.165, 1.54) is 14.0 Å². The summed E-state index contributed by atoms with van der Waals surface area (Å²) < 4.78 is 8.70. The van der Waals surface area contributed by atoms with Gasteiger partial charge in [0.25, 0.3) is 0 Å². The fraction of sp³-hybridized carbons (Fsp3) is 0.250. The first kappa shape index (κ1) is 10.4. The number of esters is 2. The Kier molecular flexibility index (Phi) is 3.76. The maximum absolute atomic E-state index is 10.8. The molecule has 0 aromatic carbocycles. The molecule has 0 radical (unpaired) electrons. The van der Waals surface area contributed by atoms with E-state index in [4.69, 9.17) is 0 Å². The van der Waals surface area contributed by atoms with Crippen LogP contribution in [0.15, 0.2) is 24.5 Å². The molecule has 4 nitrogen and oxygen atoms in total. The van der Waals surface area contributed by atoms with E-state index in [-0.39, 0.29) is 11.3 Å². The average molecular weight is 170 g/mol. The lowest BCUT2D eigenvalue weighted by Gasteiger charge is -2.03. The topological polar surface area (TPSA) is 52.6 Å². The molecule has 0 saturated carbocycles. The van der Waals surface area contributed by atoms with Crippen molar-refractivity contribution in [2.45, 2.75) is 6.92 Å². The zero-order valence-corrected chi connectivity index (χ0v) is 7.05. The van der Waals surface area contributed by atoms with Gasteiger partial charge >= 0.3 is 11.9 Å². The van der Waals surface area contributed by atoms with Crippen LogP contribution in [0.5, 0.6) is 0 Å². The smallest absolute Gasteiger partial charge is 0.373 e. The summed E-state index contributed by atoms with van der Waals surface area (Å²) in [5.74, 6) is -1.81. The monoisotopic (exact) mass is 170 g/mol. The zero-order valence-electron chi connectivity index (χ0n) is 7.05. The Bertz CT molecular complexity index is 239. The number of carbonyl (C=O) groups excluding carboxylic acids is 2. The molecule has 66 valence electrons. The molecule has 0 aliphatic heterocycles. The SMILES string of the molecule is C=C(C)C(=O)OC(=C)C(=O)OC. The Morgan fingerprint density at radius 2 is 1.67 bits per heavy atom. The highest BCUT2D eigenvalue weighted by Gasteiger charge is 2.12. The first-order valence-corrected chi connectivity index (χ1v) is 3.14. The van der Waals surface area contributed by atoms with Crippen molar-refractivity contribution in [3.8, 4) is 0 Å². The molecule has 0 aromatic rings. The Morgan fingerprint density at radius 3 is 2.00 bits per heavy atom. The van der Waals surface area contributed by atoms with E-state index in [1.807, 2.05) is 0 Å². The van der Waals surface area contributed by atoms with E-state index in [0.29, 0.717) is 0 Å². The molecule has 0 atom stereocenters. The van der Waals surface area contributed by atoms with Crippen LogP contribution in [0.3, 0.4) is 0 Å². The number of ether oxygens (including phenoxy) is 2. The van der Waals surface area contributed by atoms with Gasteiger partial charge in [0.15, 0.2) is 0 Å². The third kappa shape index (κ3) is 3.01. The van der Waals surface area contributed by atoms with Gasteiger partial charge < -0.3 is 9.47 Å². The molecule has 0 bridgehead atoms. The Balaban J connectivity index is 4.11. The lowest BCUT2D eigenvalue weighted by molar-refractivity contribution is -0.147. The fourth-order valence-corrected chi connectivity index (χ4v) is 0.355. The lowest BCUT2D eigenvalue weighted by Crippen LogP contribution is -2.12. The van der Waals surface area contributed by atoms with Crippen LogP contribution in [-0.4, -0.2) is 19.0 Å². The zero-order chi connectivity index (χ0) is 9.72. The van der Waals surface area contributed by atoms with Crippen molar-refractivity contribution in [3.63, 3.8) is 0 Å². The van der Waals surface area contributed by atoms with Gasteiger partial charge in [-0.1, -0.05) is 6.58 Å². The van der Waals surface area contributed by atoms with Crippen molar-refractivity contribution >= 4 is 11.9 Å². The van der Waals surface area contributed by atoms with Crippen LogP contribution in [-0.2, 0) is 19.1 Å². The fourth-order valence-electron chi connectivity index (χ4n) is 0.355. The summed E-state index contributed by atoms with van der Waals surface area (Å²) in [4.78, 5) is 21.4. The molecule has 0 aliphatic carbocycles. The van der Waals surface area contributed by atoms with Crippen molar-refractivity contribution < 1.29 is 19.1 Å². The van der Waals surface area contributed by atoms with Crippen LogP contribution in [0.4, 0.5) is 0 Å². The van der Waals surface area contributed by atoms with Gasteiger partial charge in [0, 0.05) is 5.57 Å². The molecule has 0 amide bonds. The quantitative estimate of drug-likeness (QED) is 0.357. The summed E-state index contributed by atoms with van der Waals surface area (Å²) >= 11 is 0. The van der Waals surface area contributed by atoms with Gasteiger partial charge in [-0.3, -0.25) is 0 Å². The standard InChI is InChI=1S/C8H10O4/c1-5(2)7(9)12-6(3)8(10)11-4/h1,3H2,2,4H3. The van der Waals surface area contributed by atoms with E-state index in [2.05, 4.69) is 22.6 Å². The van der Waals surface area contributed by atoms with Gasteiger partial charge in [-0.25, -0.2) is 9.59 Å². The van der Waals surface area contributed by atoms with E-state index in [9.17, 15) is 9.59 Å². The molecule has 0 fully saturated rings. The first-order valence-electron chi connectivity index (χ1n) is 3.14. The van der Waals surface area contributed by atoms with Crippen LogP contribution in [0.2, 0.25) is 0 Å². The normalized spacial score (nSPS) is 8.50. The molecule has 0 heterocycles. The average Bonchev–Trinajstić information content (AvgIpc) is 2.02. The number of hydrogen-bond acceptors (Lipinski definition) is 4. The second-order valence-corrected chi connectivity index (χ2v) is 2.08. The summed E-state index contributed by atoms with van der Waals surface area (Å²) in [5, 5.41) is 0. The molecular weight excluding hydrogens is 160 g/mol. The molecule has 0 spiro atoms. The van der Waals surface area contributed by atoms with Gasteiger partial charge in [-0.2, -0.15) is 0 Å². The summed E-state index contributed by atoms with van der Waals surface area (Å²) in [6.45, 7) is 7.98. The molecule has 0 N–H and O–H groups in total. The Hall–Kier alpha value is -1.58. The minimum atomic E-state index is -0.774. The summed E-state index contributed by atoms with van der Waals surface area (Å²) in [6, 6.07) is 0. The van der Waals surface area contributed by atoms with Gasteiger partial charge in [0.05, 0.1) is 7.11 Å². The predicted octanol–water partition coefficient (Wildman–Crippen LogP) is 0.792. The van der Waals surface area contributed by atoms with Crippen molar-refractivity contribution in [3.05, 3.63) is 24.5 Å². The Morgan fingerprint density at radius 1 is 1.17 bits per heavy atom. The highest BCUT2D eigenvalue weighted by molar-refractivity contribution is 5.93. The predicted molar refractivity (Wildman–Crippen MR) is 42.1 cm³/mol. The molecule has 0 rings (SSSR count). The number of methoxy groups -OCH3 is 1. The van der Waals surface area contributed by atoms with E-state index in [1.54, 1.807) is 0 Å². The molecule has 12 heavy (non-hydrogen) atoms. The summed E-state index contributed by atoms with van der Waals surface area (Å²) in [7, 11) is 1.17.